The first-order valence-corrected chi connectivity index (χ1v) is 5.49. The van der Waals surface area contributed by atoms with Gasteiger partial charge in [-0.15, -0.1) is 0 Å². The van der Waals surface area contributed by atoms with Crippen molar-refractivity contribution < 1.29 is 4.39 Å². The second kappa shape index (κ2) is 4.69. The minimum absolute atomic E-state index is 0.222. The fraction of sp³-hybridized carbons (Fsp3) is 0.167. The number of anilines is 1. The van der Waals surface area contributed by atoms with Gasteiger partial charge in [-0.3, -0.25) is 14.4 Å². The Morgan fingerprint density at radius 3 is 2.32 bits per heavy atom. The largest absolute Gasteiger partial charge is 0.336 e. The van der Waals surface area contributed by atoms with E-state index >= 15 is 0 Å². The van der Waals surface area contributed by atoms with Crippen LogP contribution in [0.2, 0.25) is 0 Å². The van der Waals surface area contributed by atoms with Crippen LogP contribution in [0.25, 0.3) is 5.69 Å². The van der Waals surface area contributed by atoms with Crippen LogP contribution < -0.4 is 22.1 Å². The van der Waals surface area contributed by atoms with Crippen LogP contribution in [0.1, 0.15) is 0 Å². The first kappa shape index (κ1) is 13.0. The van der Waals surface area contributed by atoms with Gasteiger partial charge in [0.15, 0.2) is 0 Å². The van der Waals surface area contributed by atoms with Crippen molar-refractivity contribution in [3.63, 3.8) is 0 Å². The number of hydrogen-bond acceptors (Lipinski definition) is 4. The lowest BCUT2D eigenvalue weighted by Gasteiger charge is -2.19. The van der Waals surface area contributed by atoms with Gasteiger partial charge in [-0.2, -0.15) is 0 Å². The molecule has 2 N–H and O–H groups in total. The van der Waals surface area contributed by atoms with Gasteiger partial charge in [0, 0.05) is 20.2 Å². The number of hydrazine groups is 1. The summed E-state index contributed by atoms with van der Waals surface area (Å²) in [5.41, 5.74) is -0.587. The minimum atomic E-state index is -0.550. The van der Waals surface area contributed by atoms with Crippen LogP contribution in [0.4, 0.5) is 10.2 Å². The maximum Gasteiger partial charge on any atom is 0.336 e. The predicted octanol–water partition coefficient (Wildman–Crippen LogP) is -0.0148. The van der Waals surface area contributed by atoms with Crippen molar-refractivity contribution in [3.8, 4) is 5.69 Å². The lowest BCUT2D eigenvalue weighted by atomic mass is 10.3. The monoisotopic (exact) mass is 264 g/mol. The van der Waals surface area contributed by atoms with Gasteiger partial charge >= 0.3 is 5.69 Å². The highest BCUT2D eigenvalue weighted by molar-refractivity contribution is 5.45. The van der Waals surface area contributed by atoms with Crippen molar-refractivity contribution in [1.82, 2.24) is 9.13 Å². The predicted molar refractivity (Wildman–Crippen MR) is 69.8 cm³/mol. The van der Waals surface area contributed by atoms with E-state index in [1.807, 2.05) is 0 Å². The second-order valence-corrected chi connectivity index (χ2v) is 4.11. The van der Waals surface area contributed by atoms with E-state index in [1.165, 1.54) is 49.0 Å². The number of aromatic nitrogens is 2. The highest BCUT2D eigenvalue weighted by atomic mass is 19.1. The molecule has 0 saturated carbocycles. The molecule has 1 aromatic carbocycles. The number of nitrogens with two attached hydrogens (primary N) is 1. The zero-order chi connectivity index (χ0) is 14.2. The van der Waals surface area contributed by atoms with Crippen LogP contribution in [-0.2, 0) is 7.05 Å². The van der Waals surface area contributed by atoms with E-state index in [9.17, 15) is 14.0 Å². The molecule has 0 unspecified atom stereocenters. The topological polar surface area (TPSA) is 73.3 Å². The third-order valence-electron chi connectivity index (χ3n) is 2.74. The van der Waals surface area contributed by atoms with Crippen LogP contribution in [-0.4, -0.2) is 16.2 Å². The summed E-state index contributed by atoms with van der Waals surface area (Å²) in [6.45, 7) is 0. The molecule has 19 heavy (non-hydrogen) atoms. The maximum atomic E-state index is 12.9. The normalized spacial score (nSPS) is 10.5. The molecule has 0 atom stereocenters. The summed E-state index contributed by atoms with van der Waals surface area (Å²) in [4.78, 5) is 23.8. The molecule has 100 valence electrons. The Balaban J connectivity index is 2.81. The summed E-state index contributed by atoms with van der Waals surface area (Å²) in [5.74, 6) is 5.43. The summed E-state index contributed by atoms with van der Waals surface area (Å²) < 4.78 is 15.1. The van der Waals surface area contributed by atoms with Gasteiger partial charge in [-0.25, -0.2) is 19.6 Å². The van der Waals surface area contributed by atoms with Gasteiger partial charge in [0.25, 0.3) is 5.56 Å². The highest BCUT2D eigenvalue weighted by Crippen LogP contribution is 2.13. The molecular formula is C12H13FN4O2. The van der Waals surface area contributed by atoms with E-state index in [-0.39, 0.29) is 5.82 Å². The van der Waals surface area contributed by atoms with Crippen molar-refractivity contribution in [2.45, 2.75) is 0 Å². The zero-order valence-electron chi connectivity index (χ0n) is 10.5. The smallest absolute Gasteiger partial charge is 0.299 e. The number of benzene rings is 1. The molecule has 0 spiro atoms. The van der Waals surface area contributed by atoms with Crippen molar-refractivity contribution in [2.75, 3.05) is 12.1 Å². The van der Waals surface area contributed by atoms with Crippen molar-refractivity contribution >= 4 is 5.82 Å². The van der Waals surface area contributed by atoms with E-state index in [4.69, 9.17) is 5.84 Å². The Labute approximate surface area is 108 Å². The molecule has 0 bridgehead atoms. The molecule has 0 fully saturated rings. The quantitative estimate of drug-likeness (QED) is 0.611. The first-order valence-electron chi connectivity index (χ1n) is 5.49. The number of halogens is 1. The molecule has 0 aliphatic carbocycles. The molecule has 7 heteroatoms. The average Bonchev–Trinajstić information content (AvgIpc) is 2.37. The number of hydrogen-bond donors (Lipinski definition) is 1. The molecule has 1 heterocycles. The van der Waals surface area contributed by atoms with Crippen LogP contribution in [0.5, 0.6) is 0 Å². The van der Waals surface area contributed by atoms with Gasteiger partial charge in [0.05, 0.1) is 5.69 Å². The van der Waals surface area contributed by atoms with Crippen molar-refractivity contribution in [3.05, 3.63) is 57.0 Å². The maximum absolute atomic E-state index is 12.9. The second-order valence-electron chi connectivity index (χ2n) is 4.11. The van der Waals surface area contributed by atoms with Gasteiger partial charge < -0.3 is 0 Å². The van der Waals surface area contributed by atoms with Crippen molar-refractivity contribution in [2.24, 2.45) is 12.9 Å². The van der Waals surface area contributed by atoms with E-state index in [0.717, 1.165) is 9.58 Å². The number of nitrogens with zero attached hydrogens (tertiary/aromatic N) is 3. The Bertz CT molecular complexity index is 716. The molecule has 0 amide bonds. The summed E-state index contributed by atoms with van der Waals surface area (Å²) in [5, 5.41) is 1.16. The lowest BCUT2D eigenvalue weighted by Crippen LogP contribution is -2.41. The minimum Gasteiger partial charge on any atom is -0.299 e. The van der Waals surface area contributed by atoms with Crippen LogP contribution in [0, 0.1) is 5.82 Å². The fourth-order valence-corrected chi connectivity index (χ4v) is 1.71. The van der Waals surface area contributed by atoms with Crippen LogP contribution in [0.15, 0.2) is 39.9 Å². The summed E-state index contributed by atoms with van der Waals surface area (Å²) in [7, 11) is 2.87. The Hall–Kier alpha value is -2.41. The van der Waals surface area contributed by atoms with Gasteiger partial charge in [0.1, 0.15) is 11.6 Å². The third-order valence-corrected chi connectivity index (χ3v) is 2.74. The highest BCUT2D eigenvalue weighted by Gasteiger charge is 2.12. The zero-order valence-corrected chi connectivity index (χ0v) is 10.5. The van der Waals surface area contributed by atoms with E-state index in [0.29, 0.717) is 5.69 Å². The molecule has 0 aliphatic rings. The van der Waals surface area contributed by atoms with Gasteiger partial charge in [0.2, 0.25) is 0 Å². The van der Waals surface area contributed by atoms with E-state index in [1.54, 1.807) is 0 Å². The summed E-state index contributed by atoms with van der Waals surface area (Å²) in [6, 6.07) is 6.58. The average molecular weight is 264 g/mol. The van der Waals surface area contributed by atoms with Crippen LogP contribution in [0.3, 0.4) is 0 Å². The molecule has 0 saturated heterocycles. The van der Waals surface area contributed by atoms with Gasteiger partial charge in [-0.05, 0) is 24.3 Å². The Morgan fingerprint density at radius 2 is 1.79 bits per heavy atom. The van der Waals surface area contributed by atoms with E-state index < -0.39 is 17.1 Å². The molecule has 0 radical (unpaired) electrons. The van der Waals surface area contributed by atoms with Gasteiger partial charge in [-0.1, -0.05) is 0 Å². The summed E-state index contributed by atoms with van der Waals surface area (Å²) >= 11 is 0. The molecule has 2 rings (SSSR count). The standard InChI is InChI=1S/C12H13FN4O2/c1-15-11(18)7-10(16(2)14)17(12(15)19)9-5-3-8(13)4-6-9/h3-7H,14H2,1-2H3. The van der Waals surface area contributed by atoms with Crippen LogP contribution >= 0.6 is 0 Å². The SMILES string of the molecule is CN(N)c1cc(=O)n(C)c(=O)n1-c1ccc(F)cc1. The number of rotatable bonds is 2. The van der Waals surface area contributed by atoms with Crippen molar-refractivity contribution in [1.29, 1.82) is 0 Å². The molecule has 6 nitrogen and oxygen atoms in total. The third kappa shape index (κ3) is 2.27. The molecule has 1 aromatic heterocycles. The Morgan fingerprint density at radius 1 is 1.21 bits per heavy atom. The summed E-state index contributed by atoms with van der Waals surface area (Å²) in [6.07, 6.45) is 0. The lowest BCUT2D eigenvalue weighted by molar-refractivity contribution is 0.626. The Kier molecular flexibility index (Phi) is 3.22. The van der Waals surface area contributed by atoms with E-state index in [2.05, 4.69) is 0 Å². The molecular weight excluding hydrogens is 251 g/mol. The fourth-order valence-electron chi connectivity index (χ4n) is 1.71. The first-order chi connectivity index (χ1) is 8.91. The molecule has 2 aromatic rings. The molecule has 0 aliphatic heterocycles.